The lowest BCUT2D eigenvalue weighted by Gasteiger charge is -2.20. The molecule has 1 fully saturated rings. The molecule has 1 atom stereocenters. The number of pyridine rings is 1. The number of rotatable bonds is 7. The van der Waals surface area contributed by atoms with Crippen molar-refractivity contribution in [3.63, 3.8) is 0 Å². The van der Waals surface area contributed by atoms with Gasteiger partial charge in [0.1, 0.15) is 6.10 Å². The molecule has 1 unspecified atom stereocenters. The Bertz CT molecular complexity index is 1170. The number of benzene rings is 2. The molecule has 0 saturated carbocycles. The van der Waals surface area contributed by atoms with E-state index in [1.54, 1.807) is 4.90 Å². The standard InChI is InChI=1S/C24H24N4O3S/c29-23-15-32-22-8-7-18(12-21(22)27-23)28-14-19(31-24(28)30)4-2-9-25-13-16-5-6-17-3-1-10-26-20(17)11-16/h1,3,5-8,10-12,19,25H,2,4,9,13-15H2,(H,27,29). The van der Waals surface area contributed by atoms with Crippen molar-refractivity contribution < 1.29 is 14.3 Å². The molecule has 3 heterocycles. The number of carbonyl (C=O) groups is 2. The van der Waals surface area contributed by atoms with E-state index < -0.39 is 0 Å². The molecule has 3 aromatic rings. The fraction of sp³-hybridized carbons (Fsp3) is 0.292. The molecule has 2 aliphatic heterocycles. The SMILES string of the molecule is O=C1CSc2ccc(N3CC(CCCNCc4ccc5cccnc5c4)OC3=O)cc2N1. The van der Waals surface area contributed by atoms with Crippen molar-refractivity contribution in [2.75, 3.05) is 29.1 Å². The number of hydrogen-bond donors (Lipinski definition) is 2. The summed E-state index contributed by atoms with van der Waals surface area (Å²) < 4.78 is 5.56. The van der Waals surface area contributed by atoms with Crippen LogP contribution in [0.1, 0.15) is 18.4 Å². The summed E-state index contributed by atoms with van der Waals surface area (Å²) in [5, 5.41) is 7.47. The van der Waals surface area contributed by atoms with Crippen LogP contribution >= 0.6 is 11.8 Å². The van der Waals surface area contributed by atoms with E-state index >= 15 is 0 Å². The van der Waals surface area contributed by atoms with Gasteiger partial charge in [0.2, 0.25) is 5.91 Å². The monoisotopic (exact) mass is 448 g/mol. The average Bonchev–Trinajstić information content (AvgIpc) is 3.18. The van der Waals surface area contributed by atoms with Crippen LogP contribution in [0.25, 0.3) is 10.9 Å². The summed E-state index contributed by atoms with van der Waals surface area (Å²) in [6.45, 7) is 2.15. The molecular weight excluding hydrogens is 424 g/mol. The Labute approximate surface area is 190 Å². The van der Waals surface area contributed by atoms with Gasteiger partial charge in [0.05, 0.1) is 23.5 Å². The summed E-state index contributed by atoms with van der Waals surface area (Å²) in [7, 11) is 0. The van der Waals surface area contributed by atoms with Crippen molar-refractivity contribution in [3.8, 4) is 0 Å². The third kappa shape index (κ3) is 4.56. The minimum Gasteiger partial charge on any atom is -0.444 e. The van der Waals surface area contributed by atoms with Crippen molar-refractivity contribution in [2.24, 2.45) is 0 Å². The number of amides is 2. The number of cyclic esters (lactones) is 1. The minimum absolute atomic E-state index is 0.0195. The Balaban J connectivity index is 1.10. The van der Waals surface area contributed by atoms with Gasteiger partial charge in [-0.3, -0.25) is 14.7 Å². The molecule has 2 N–H and O–H groups in total. The molecule has 0 spiro atoms. The van der Waals surface area contributed by atoms with Crippen LogP contribution in [-0.2, 0) is 16.1 Å². The molecule has 1 aromatic heterocycles. The van der Waals surface area contributed by atoms with Crippen molar-refractivity contribution in [1.29, 1.82) is 0 Å². The van der Waals surface area contributed by atoms with Gasteiger partial charge in [0.25, 0.3) is 0 Å². The van der Waals surface area contributed by atoms with Crippen LogP contribution in [0.5, 0.6) is 0 Å². The van der Waals surface area contributed by atoms with Crippen LogP contribution in [-0.4, -0.2) is 41.9 Å². The summed E-state index contributed by atoms with van der Waals surface area (Å²) in [5.41, 5.74) is 3.72. The highest BCUT2D eigenvalue weighted by Crippen LogP contribution is 2.35. The maximum Gasteiger partial charge on any atom is 0.414 e. The zero-order valence-corrected chi connectivity index (χ0v) is 18.4. The van der Waals surface area contributed by atoms with Crippen molar-refractivity contribution >= 4 is 46.0 Å². The molecule has 0 radical (unpaired) electrons. The van der Waals surface area contributed by atoms with Crippen LogP contribution in [0.15, 0.2) is 59.6 Å². The zero-order valence-electron chi connectivity index (χ0n) is 17.5. The predicted octanol–water partition coefficient (Wildman–Crippen LogP) is 4.17. The maximum absolute atomic E-state index is 12.4. The Morgan fingerprint density at radius 3 is 3.06 bits per heavy atom. The number of carbonyl (C=O) groups excluding carboxylic acids is 2. The van der Waals surface area contributed by atoms with Gasteiger partial charge in [-0.1, -0.05) is 18.2 Å². The molecule has 1 saturated heterocycles. The van der Waals surface area contributed by atoms with E-state index in [-0.39, 0.29) is 18.1 Å². The fourth-order valence-corrected chi connectivity index (χ4v) is 4.82. The molecule has 7 nitrogen and oxygen atoms in total. The second-order valence-electron chi connectivity index (χ2n) is 7.98. The van der Waals surface area contributed by atoms with Crippen molar-refractivity contribution in [3.05, 3.63) is 60.3 Å². The second-order valence-corrected chi connectivity index (χ2v) is 9.00. The summed E-state index contributed by atoms with van der Waals surface area (Å²) in [4.78, 5) is 31.1. The van der Waals surface area contributed by atoms with Gasteiger partial charge >= 0.3 is 6.09 Å². The predicted molar refractivity (Wildman–Crippen MR) is 126 cm³/mol. The Hall–Kier alpha value is -3.10. The first kappa shape index (κ1) is 20.8. The number of hydrogen-bond acceptors (Lipinski definition) is 6. The highest BCUT2D eigenvalue weighted by molar-refractivity contribution is 8.00. The summed E-state index contributed by atoms with van der Waals surface area (Å²) >= 11 is 1.51. The largest absolute Gasteiger partial charge is 0.444 e. The number of nitrogens with zero attached hydrogens (tertiary/aromatic N) is 2. The van der Waals surface area contributed by atoms with E-state index in [1.807, 2.05) is 30.5 Å². The van der Waals surface area contributed by atoms with Gasteiger partial charge in [0, 0.05) is 28.7 Å². The lowest BCUT2D eigenvalue weighted by atomic mass is 10.1. The fourth-order valence-electron chi connectivity index (χ4n) is 4.03. The van der Waals surface area contributed by atoms with Crippen LogP contribution in [0.3, 0.4) is 0 Å². The number of fused-ring (bicyclic) bond motifs is 2. The maximum atomic E-state index is 12.4. The van der Waals surface area contributed by atoms with Crippen LogP contribution in [0.2, 0.25) is 0 Å². The number of aromatic nitrogens is 1. The second kappa shape index (κ2) is 9.18. The lowest BCUT2D eigenvalue weighted by molar-refractivity contribution is -0.113. The van der Waals surface area contributed by atoms with Crippen molar-refractivity contribution in [2.45, 2.75) is 30.4 Å². The van der Waals surface area contributed by atoms with Gasteiger partial charge in [-0.05, 0) is 55.3 Å². The molecule has 0 bridgehead atoms. The summed E-state index contributed by atoms with van der Waals surface area (Å²) in [5.74, 6) is 0.403. The van der Waals surface area contributed by atoms with Gasteiger partial charge in [0.15, 0.2) is 0 Å². The molecule has 0 aliphatic carbocycles. The van der Waals surface area contributed by atoms with E-state index in [2.05, 4.69) is 39.9 Å². The molecule has 8 heteroatoms. The van der Waals surface area contributed by atoms with Gasteiger partial charge in [-0.15, -0.1) is 11.8 Å². The van der Waals surface area contributed by atoms with E-state index in [9.17, 15) is 9.59 Å². The smallest absolute Gasteiger partial charge is 0.414 e. The van der Waals surface area contributed by atoms with E-state index in [4.69, 9.17) is 4.74 Å². The average molecular weight is 449 g/mol. The third-order valence-electron chi connectivity index (χ3n) is 5.66. The molecule has 164 valence electrons. The quantitative estimate of drug-likeness (QED) is 0.528. The van der Waals surface area contributed by atoms with E-state index in [1.165, 1.54) is 17.3 Å². The van der Waals surface area contributed by atoms with Gasteiger partial charge in [-0.2, -0.15) is 0 Å². The topological polar surface area (TPSA) is 83.6 Å². The first-order valence-electron chi connectivity index (χ1n) is 10.7. The Morgan fingerprint density at radius 1 is 1.19 bits per heavy atom. The summed E-state index contributed by atoms with van der Waals surface area (Å²) in [6.07, 6.45) is 3.06. The highest BCUT2D eigenvalue weighted by Gasteiger charge is 2.32. The lowest BCUT2D eigenvalue weighted by Crippen LogP contribution is -2.25. The third-order valence-corrected chi connectivity index (χ3v) is 6.73. The zero-order chi connectivity index (χ0) is 21.9. The molecule has 2 aliphatic rings. The van der Waals surface area contributed by atoms with E-state index in [0.29, 0.717) is 12.3 Å². The Morgan fingerprint density at radius 2 is 2.12 bits per heavy atom. The number of nitrogens with one attached hydrogen (secondary N) is 2. The normalized spacial score (nSPS) is 17.9. The number of thioether (sulfide) groups is 1. The molecule has 2 aromatic carbocycles. The molecule has 32 heavy (non-hydrogen) atoms. The van der Waals surface area contributed by atoms with Crippen LogP contribution in [0.4, 0.5) is 16.2 Å². The Kier molecular flexibility index (Phi) is 5.96. The van der Waals surface area contributed by atoms with Crippen LogP contribution < -0.4 is 15.5 Å². The molecule has 2 amide bonds. The number of ether oxygens (including phenoxy) is 1. The van der Waals surface area contributed by atoms with E-state index in [0.717, 1.165) is 53.1 Å². The van der Waals surface area contributed by atoms with Crippen LogP contribution in [0, 0.1) is 0 Å². The summed E-state index contributed by atoms with van der Waals surface area (Å²) in [6, 6.07) is 16.0. The number of anilines is 2. The van der Waals surface area contributed by atoms with Gasteiger partial charge < -0.3 is 15.4 Å². The first-order chi connectivity index (χ1) is 15.7. The first-order valence-corrected chi connectivity index (χ1v) is 11.7. The minimum atomic E-state index is -0.332. The molecule has 5 rings (SSSR count). The van der Waals surface area contributed by atoms with Crippen molar-refractivity contribution in [1.82, 2.24) is 10.3 Å². The molecular formula is C24H24N4O3S. The van der Waals surface area contributed by atoms with Gasteiger partial charge in [-0.25, -0.2) is 4.79 Å². The highest BCUT2D eigenvalue weighted by atomic mass is 32.2.